The number of nitrogens with zero attached hydrogens (tertiary/aromatic N) is 2. The Hall–Kier alpha value is -2.49. The minimum absolute atomic E-state index is 0.263. The maximum Gasteiger partial charge on any atom is 0.274 e. The van der Waals surface area contributed by atoms with E-state index in [-0.39, 0.29) is 10.8 Å². The molecule has 1 saturated heterocycles. The second kappa shape index (κ2) is 8.26. The molecule has 1 aliphatic heterocycles. The van der Waals surface area contributed by atoms with Gasteiger partial charge in [0.15, 0.2) is 0 Å². The monoisotopic (exact) mass is 405 g/mol. The largest absolute Gasteiger partial charge is 0.466 e. The minimum Gasteiger partial charge on any atom is -0.466 e. The van der Waals surface area contributed by atoms with E-state index in [1.807, 2.05) is 0 Å². The van der Waals surface area contributed by atoms with Crippen LogP contribution in [0, 0.1) is 13.8 Å². The Balaban J connectivity index is 1.71. The third-order valence-corrected chi connectivity index (χ3v) is 6.60. The third-order valence-electron chi connectivity index (χ3n) is 4.69. The molecule has 1 amide bonds. The lowest BCUT2D eigenvalue weighted by atomic mass is 10.1. The van der Waals surface area contributed by atoms with Crippen molar-refractivity contribution in [1.29, 1.82) is 0 Å². The van der Waals surface area contributed by atoms with Gasteiger partial charge in [0.2, 0.25) is 10.0 Å². The Morgan fingerprint density at radius 2 is 1.82 bits per heavy atom. The number of nitrogens with one attached hydrogen (secondary N) is 1. The molecular formula is C19H25N4O4S+. The van der Waals surface area contributed by atoms with Crippen molar-refractivity contribution in [2.24, 2.45) is 5.10 Å². The van der Waals surface area contributed by atoms with Crippen molar-refractivity contribution in [2.75, 3.05) is 26.2 Å². The maximum absolute atomic E-state index is 12.7. The van der Waals surface area contributed by atoms with Crippen LogP contribution in [0.1, 0.15) is 34.4 Å². The fraction of sp³-hybridized carbons (Fsp3) is 0.368. The number of carbonyl (C=O) groups is 1. The van der Waals surface area contributed by atoms with E-state index in [1.165, 1.54) is 4.31 Å². The van der Waals surface area contributed by atoms with Crippen LogP contribution < -0.4 is 10.7 Å². The molecule has 0 bridgehead atoms. The standard InChI is InChI=1S/C19H24N4O4S/c1-13-12-18(15(3)27-13)19(24)22-21-14(2)16-4-6-17(7-5-16)28(25,26)23-10-8-20-9-11-23/h4-7,12,20H,8-11H2,1-3H3,(H,22,24)/p+1/b21-14-. The van der Waals surface area contributed by atoms with Crippen molar-refractivity contribution in [3.8, 4) is 0 Å². The van der Waals surface area contributed by atoms with E-state index in [9.17, 15) is 13.2 Å². The summed E-state index contributed by atoms with van der Waals surface area (Å²) in [6.07, 6.45) is 0. The Labute approximate surface area is 164 Å². The Morgan fingerprint density at radius 3 is 2.39 bits per heavy atom. The summed E-state index contributed by atoms with van der Waals surface area (Å²) in [5.74, 6) is 0.842. The summed E-state index contributed by atoms with van der Waals surface area (Å²) in [6.45, 7) is 7.83. The van der Waals surface area contributed by atoms with E-state index in [0.29, 0.717) is 35.9 Å². The average Bonchev–Trinajstić information content (AvgIpc) is 3.04. The molecule has 150 valence electrons. The normalized spacial score (nSPS) is 16.2. The number of hydrazone groups is 1. The molecule has 2 aromatic rings. The van der Waals surface area contributed by atoms with Crippen molar-refractivity contribution in [3.63, 3.8) is 0 Å². The number of hydrogen-bond acceptors (Lipinski definition) is 5. The number of hydrogen-bond donors (Lipinski definition) is 2. The van der Waals surface area contributed by atoms with Gasteiger partial charge >= 0.3 is 0 Å². The third kappa shape index (κ3) is 4.32. The first-order valence-corrected chi connectivity index (χ1v) is 10.6. The summed E-state index contributed by atoms with van der Waals surface area (Å²) >= 11 is 0. The van der Waals surface area contributed by atoms with Crippen LogP contribution >= 0.6 is 0 Å². The van der Waals surface area contributed by atoms with Crippen LogP contribution in [0.4, 0.5) is 0 Å². The number of rotatable bonds is 5. The molecule has 0 radical (unpaired) electrons. The van der Waals surface area contributed by atoms with Crippen molar-refractivity contribution >= 4 is 21.6 Å². The molecule has 0 aliphatic carbocycles. The van der Waals surface area contributed by atoms with E-state index in [2.05, 4.69) is 15.8 Å². The second-order valence-corrected chi connectivity index (χ2v) is 8.70. The van der Waals surface area contributed by atoms with Crippen LogP contribution in [0.2, 0.25) is 0 Å². The van der Waals surface area contributed by atoms with Crippen LogP contribution in [-0.4, -0.2) is 50.5 Å². The summed E-state index contributed by atoms with van der Waals surface area (Å²) in [6, 6.07) is 8.21. The van der Waals surface area contributed by atoms with E-state index < -0.39 is 10.0 Å². The van der Waals surface area contributed by atoms with Crippen molar-refractivity contribution in [1.82, 2.24) is 9.73 Å². The number of piperazine rings is 1. The highest BCUT2D eigenvalue weighted by Crippen LogP contribution is 2.17. The summed E-state index contributed by atoms with van der Waals surface area (Å²) in [7, 11) is -3.48. The molecule has 2 heterocycles. The topological polar surface area (TPSA) is 109 Å². The average molecular weight is 406 g/mol. The quantitative estimate of drug-likeness (QED) is 0.561. The highest BCUT2D eigenvalue weighted by Gasteiger charge is 2.27. The van der Waals surface area contributed by atoms with Gasteiger partial charge in [0, 0.05) is 0 Å². The Bertz CT molecular complexity index is 987. The van der Waals surface area contributed by atoms with Gasteiger partial charge in [0.25, 0.3) is 5.91 Å². The van der Waals surface area contributed by atoms with E-state index in [4.69, 9.17) is 4.42 Å². The predicted octanol–water partition coefficient (Wildman–Crippen LogP) is 0.618. The fourth-order valence-electron chi connectivity index (χ4n) is 3.10. The number of amides is 1. The second-order valence-electron chi connectivity index (χ2n) is 6.76. The highest BCUT2D eigenvalue weighted by molar-refractivity contribution is 7.89. The highest BCUT2D eigenvalue weighted by atomic mass is 32.2. The van der Waals surface area contributed by atoms with Crippen molar-refractivity contribution < 1.29 is 22.9 Å². The lowest BCUT2D eigenvalue weighted by molar-refractivity contribution is -0.661. The minimum atomic E-state index is -3.48. The first-order chi connectivity index (χ1) is 13.3. The molecule has 3 N–H and O–H groups in total. The van der Waals surface area contributed by atoms with Gasteiger partial charge in [-0.15, -0.1) is 0 Å². The molecule has 1 aromatic carbocycles. The van der Waals surface area contributed by atoms with Crippen LogP contribution in [-0.2, 0) is 10.0 Å². The molecule has 3 rings (SSSR count). The zero-order valence-electron chi connectivity index (χ0n) is 16.2. The summed E-state index contributed by atoms with van der Waals surface area (Å²) < 4.78 is 32.2. The van der Waals surface area contributed by atoms with Gasteiger partial charge in [-0.25, -0.2) is 13.8 Å². The zero-order valence-corrected chi connectivity index (χ0v) is 17.0. The number of benzene rings is 1. The number of carbonyl (C=O) groups excluding carboxylic acids is 1. The predicted molar refractivity (Wildman–Crippen MR) is 105 cm³/mol. The first-order valence-electron chi connectivity index (χ1n) is 9.13. The zero-order chi connectivity index (χ0) is 20.3. The smallest absolute Gasteiger partial charge is 0.274 e. The molecule has 1 aliphatic rings. The van der Waals surface area contributed by atoms with Gasteiger partial charge in [-0.3, -0.25) is 4.79 Å². The van der Waals surface area contributed by atoms with Crippen LogP contribution in [0.15, 0.2) is 44.7 Å². The number of furan rings is 1. The molecule has 0 spiro atoms. The molecule has 1 aromatic heterocycles. The molecule has 8 nitrogen and oxygen atoms in total. The number of aryl methyl sites for hydroxylation is 2. The molecule has 28 heavy (non-hydrogen) atoms. The van der Waals surface area contributed by atoms with Crippen LogP contribution in [0.5, 0.6) is 0 Å². The van der Waals surface area contributed by atoms with Gasteiger partial charge < -0.3 is 9.73 Å². The van der Waals surface area contributed by atoms with Gasteiger partial charge in [-0.2, -0.15) is 9.41 Å². The Morgan fingerprint density at radius 1 is 1.18 bits per heavy atom. The van der Waals surface area contributed by atoms with Crippen LogP contribution in [0.3, 0.4) is 0 Å². The van der Waals surface area contributed by atoms with Crippen LogP contribution in [0.25, 0.3) is 0 Å². The molecule has 0 unspecified atom stereocenters. The maximum atomic E-state index is 12.7. The van der Waals surface area contributed by atoms with E-state index in [1.54, 1.807) is 51.1 Å². The van der Waals surface area contributed by atoms with Crippen molar-refractivity contribution in [3.05, 3.63) is 53.0 Å². The number of sulfonamides is 1. The molecule has 0 saturated carbocycles. The van der Waals surface area contributed by atoms with Gasteiger partial charge in [0.05, 0.1) is 42.3 Å². The van der Waals surface area contributed by atoms with E-state index >= 15 is 0 Å². The van der Waals surface area contributed by atoms with Gasteiger partial charge in [-0.1, -0.05) is 12.1 Å². The molecular weight excluding hydrogens is 380 g/mol. The number of quaternary nitrogens is 1. The molecule has 9 heteroatoms. The first kappa shape index (κ1) is 20.2. The van der Waals surface area contributed by atoms with Gasteiger partial charge in [-0.05, 0) is 44.5 Å². The van der Waals surface area contributed by atoms with Crippen molar-refractivity contribution in [2.45, 2.75) is 25.7 Å². The molecule has 1 fully saturated rings. The lowest BCUT2D eigenvalue weighted by Crippen LogP contribution is -2.89. The summed E-state index contributed by atoms with van der Waals surface area (Å²) in [5, 5.41) is 6.22. The molecule has 0 atom stereocenters. The lowest BCUT2D eigenvalue weighted by Gasteiger charge is -2.24. The fourth-order valence-corrected chi connectivity index (χ4v) is 4.57. The summed E-state index contributed by atoms with van der Waals surface area (Å²) in [4.78, 5) is 12.5. The SMILES string of the molecule is C/C(=N/NC(=O)c1cc(C)oc1C)c1ccc(S(=O)(=O)N2CC[NH2+]CC2)cc1. The Kier molecular flexibility index (Phi) is 5.97. The van der Waals surface area contributed by atoms with E-state index in [0.717, 1.165) is 18.7 Å². The number of nitrogens with two attached hydrogens (primary N) is 1. The summed E-state index contributed by atoms with van der Waals surface area (Å²) in [5.41, 5.74) is 4.25. The van der Waals surface area contributed by atoms with Gasteiger partial charge in [0.1, 0.15) is 11.5 Å².